The van der Waals surface area contributed by atoms with Crippen LogP contribution in [0.1, 0.15) is 5.56 Å². The fourth-order valence-electron chi connectivity index (χ4n) is 2.80. The number of rotatable bonds is 3. The average Bonchev–Trinajstić information content (AvgIpc) is 2.69. The van der Waals surface area contributed by atoms with Crippen molar-refractivity contribution in [3.05, 3.63) is 91.6 Å². The number of para-hydroxylation sites is 1. The molecule has 1 aromatic heterocycles. The first-order valence-electron chi connectivity index (χ1n) is 8.34. The van der Waals surface area contributed by atoms with Crippen molar-refractivity contribution in [1.82, 2.24) is 9.66 Å². The number of aromatic hydroxyl groups is 1. The number of aromatic nitrogens is 2. The second-order valence-electron chi connectivity index (χ2n) is 6.01. The number of benzene rings is 3. The van der Waals surface area contributed by atoms with E-state index in [1.807, 2.05) is 36.4 Å². The highest BCUT2D eigenvalue weighted by atomic mass is 79.9. The van der Waals surface area contributed by atoms with E-state index in [0.29, 0.717) is 26.8 Å². The Balaban J connectivity index is 2.01. The highest BCUT2D eigenvalue weighted by Crippen LogP contribution is 2.27. The van der Waals surface area contributed by atoms with Crippen molar-refractivity contribution in [1.29, 1.82) is 0 Å². The molecule has 28 heavy (non-hydrogen) atoms. The van der Waals surface area contributed by atoms with Gasteiger partial charge in [0, 0.05) is 20.1 Å². The molecule has 0 fully saturated rings. The maximum atomic E-state index is 13.2. The molecule has 4 rings (SSSR count). The van der Waals surface area contributed by atoms with E-state index in [9.17, 15) is 9.90 Å². The molecule has 0 amide bonds. The van der Waals surface area contributed by atoms with E-state index in [1.54, 1.807) is 30.3 Å². The monoisotopic (exact) mass is 497 g/mol. The van der Waals surface area contributed by atoms with Crippen molar-refractivity contribution in [3.8, 4) is 17.1 Å². The molecule has 1 heterocycles. The molecule has 0 radical (unpaired) electrons. The third kappa shape index (κ3) is 3.50. The van der Waals surface area contributed by atoms with Gasteiger partial charge in [-0.05, 0) is 40.2 Å². The van der Waals surface area contributed by atoms with Gasteiger partial charge in [0.05, 0.1) is 17.1 Å². The predicted molar refractivity (Wildman–Crippen MR) is 118 cm³/mol. The molecule has 0 aliphatic rings. The summed E-state index contributed by atoms with van der Waals surface area (Å²) in [7, 11) is 0. The second kappa shape index (κ2) is 7.69. The lowest BCUT2D eigenvalue weighted by molar-refractivity contribution is 0.474. The number of hydrogen-bond acceptors (Lipinski definition) is 4. The van der Waals surface area contributed by atoms with Crippen LogP contribution in [0, 0.1) is 0 Å². The van der Waals surface area contributed by atoms with Crippen LogP contribution in [-0.4, -0.2) is 21.0 Å². The van der Waals surface area contributed by atoms with Crippen molar-refractivity contribution in [2.45, 2.75) is 0 Å². The van der Waals surface area contributed by atoms with Gasteiger partial charge in [0.2, 0.25) is 0 Å². The summed E-state index contributed by atoms with van der Waals surface area (Å²) in [6.45, 7) is 0. The van der Waals surface area contributed by atoms with E-state index < -0.39 is 0 Å². The molecule has 7 heteroatoms. The summed E-state index contributed by atoms with van der Waals surface area (Å²) >= 11 is 6.90. The second-order valence-corrected chi connectivity index (χ2v) is 7.78. The van der Waals surface area contributed by atoms with Crippen molar-refractivity contribution in [2.24, 2.45) is 5.10 Å². The Kier molecular flexibility index (Phi) is 5.11. The van der Waals surface area contributed by atoms with E-state index in [0.717, 1.165) is 10.0 Å². The fraction of sp³-hybridized carbons (Fsp3) is 0. The number of nitrogens with zero attached hydrogens (tertiary/aromatic N) is 3. The maximum Gasteiger partial charge on any atom is 0.282 e. The molecule has 0 aliphatic heterocycles. The molecule has 0 spiro atoms. The van der Waals surface area contributed by atoms with Crippen molar-refractivity contribution < 1.29 is 5.11 Å². The summed E-state index contributed by atoms with van der Waals surface area (Å²) in [6.07, 6.45) is 1.45. The van der Waals surface area contributed by atoms with E-state index in [4.69, 9.17) is 4.98 Å². The summed E-state index contributed by atoms with van der Waals surface area (Å²) in [5.41, 5.74) is 1.51. The standard InChI is InChI=1S/C21H13Br2N3O2/c22-15-10-16-19(17(23)11-15)25-20(13-6-2-1-3-7-13)26(21(16)28)24-12-14-8-4-5-9-18(14)27/h1-12,27H/b24-12+. The van der Waals surface area contributed by atoms with E-state index in [1.165, 1.54) is 10.9 Å². The minimum absolute atomic E-state index is 0.0831. The van der Waals surface area contributed by atoms with Crippen LogP contribution in [0.2, 0.25) is 0 Å². The first-order chi connectivity index (χ1) is 13.5. The molecule has 1 N–H and O–H groups in total. The van der Waals surface area contributed by atoms with Gasteiger partial charge in [-0.1, -0.05) is 58.4 Å². The van der Waals surface area contributed by atoms with Crippen LogP contribution in [0.4, 0.5) is 0 Å². The van der Waals surface area contributed by atoms with Gasteiger partial charge in [0.25, 0.3) is 5.56 Å². The maximum absolute atomic E-state index is 13.2. The minimum atomic E-state index is -0.308. The van der Waals surface area contributed by atoms with Crippen LogP contribution in [0.5, 0.6) is 5.75 Å². The first-order valence-corrected chi connectivity index (χ1v) is 9.93. The molecule has 0 aliphatic carbocycles. The Bertz CT molecular complexity index is 1270. The predicted octanol–water partition coefficient (Wildman–Crippen LogP) is 5.18. The Morgan fingerprint density at radius 3 is 2.46 bits per heavy atom. The SMILES string of the molecule is O=c1c2cc(Br)cc(Br)c2nc(-c2ccccc2)n1/N=C/c1ccccc1O. The topological polar surface area (TPSA) is 67.5 Å². The summed E-state index contributed by atoms with van der Waals surface area (Å²) in [4.78, 5) is 17.9. The van der Waals surface area contributed by atoms with Gasteiger partial charge in [-0.25, -0.2) is 4.98 Å². The third-order valence-electron chi connectivity index (χ3n) is 4.15. The molecule has 0 unspecified atom stereocenters. The van der Waals surface area contributed by atoms with Crippen LogP contribution in [-0.2, 0) is 0 Å². The lowest BCUT2D eigenvalue weighted by Gasteiger charge is -2.11. The number of phenolic OH excluding ortho intramolecular Hbond substituents is 1. The van der Waals surface area contributed by atoms with Crippen LogP contribution in [0.15, 0.2) is 85.6 Å². The van der Waals surface area contributed by atoms with Gasteiger partial charge >= 0.3 is 0 Å². The van der Waals surface area contributed by atoms with Gasteiger partial charge in [0.15, 0.2) is 5.82 Å². The molecule has 138 valence electrons. The quantitative estimate of drug-likeness (QED) is 0.396. The molecule has 0 atom stereocenters. The van der Waals surface area contributed by atoms with Gasteiger partial charge < -0.3 is 5.11 Å². The smallest absolute Gasteiger partial charge is 0.282 e. The van der Waals surface area contributed by atoms with E-state index in [-0.39, 0.29) is 11.3 Å². The minimum Gasteiger partial charge on any atom is -0.507 e. The molecule has 5 nitrogen and oxygen atoms in total. The third-order valence-corrected chi connectivity index (χ3v) is 5.21. The number of fused-ring (bicyclic) bond motifs is 1. The molecule has 0 saturated carbocycles. The highest BCUT2D eigenvalue weighted by molar-refractivity contribution is 9.11. The lowest BCUT2D eigenvalue weighted by Crippen LogP contribution is -2.20. The lowest BCUT2D eigenvalue weighted by atomic mass is 10.2. The van der Waals surface area contributed by atoms with Crippen molar-refractivity contribution in [3.63, 3.8) is 0 Å². The number of hydrogen-bond donors (Lipinski definition) is 1. The van der Waals surface area contributed by atoms with Crippen molar-refractivity contribution >= 4 is 49.0 Å². The van der Waals surface area contributed by atoms with E-state index in [2.05, 4.69) is 37.0 Å². The zero-order valence-corrected chi connectivity index (χ0v) is 17.6. The summed E-state index contributed by atoms with van der Waals surface area (Å²) in [6, 6.07) is 19.7. The molecule has 0 bridgehead atoms. The molecular formula is C21H13Br2N3O2. The molecule has 0 saturated heterocycles. The van der Waals surface area contributed by atoms with Gasteiger partial charge in [-0.2, -0.15) is 9.78 Å². The molecule has 3 aromatic carbocycles. The first kappa shape index (κ1) is 18.6. The zero-order valence-electron chi connectivity index (χ0n) is 14.4. The molecular weight excluding hydrogens is 486 g/mol. The van der Waals surface area contributed by atoms with Crippen LogP contribution in [0.3, 0.4) is 0 Å². The van der Waals surface area contributed by atoms with Crippen LogP contribution < -0.4 is 5.56 Å². The summed E-state index contributed by atoms with van der Waals surface area (Å²) in [5.74, 6) is 0.493. The Labute approximate surface area is 177 Å². The summed E-state index contributed by atoms with van der Waals surface area (Å²) < 4.78 is 2.72. The zero-order chi connectivity index (χ0) is 19.7. The van der Waals surface area contributed by atoms with Crippen LogP contribution >= 0.6 is 31.9 Å². The summed E-state index contributed by atoms with van der Waals surface area (Å²) in [5, 5.41) is 14.8. The Hall–Kier alpha value is -2.77. The van der Waals surface area contributed by atoms with Gasteiger partial charge in [-0.3, -0.25) is 4.79 Å². The largest absolute Gasteiger partial charge is 0.507 e. The highest BCUT2D eigenvalue weighted by Gasteiger charge is 2.15. The Morgan fingerprint density at radius 2 is 1.71 bits per heavy atom. The average molecular weight is 499 g/mol. The Morgan fingerprint density at radius 1 is 1.00 bits per heavy atom. The van der Waals surface area contributed by atoms with Crippen molar-refractivity contribution in [2.75, 3.05) is 0 Å². The normalized spacial score (nSPS) is 11.4. The van der Waals surface area contributed by atoms with E-state index >= 15 is 0 Å². The molecule has 4 aromatic rings. The van der Waals surface area contributed by atoms with Gasteiger partial charge in [0.1, 0.15) is 5.75 Å². The number of halogens is 2. The van der Waals surface area contributed by atoms with Crippen LogP contribution in [0.25, 0.3) is 22.3 Å². The van der Waals surface area contributed by atoms with Gasteiger partial charge in [-0.15, -0.1) is 0 Å². The fourth-order valence-corrected chi connectivity index (χ4v) is 4.12. The number of phenols is 1.